The first-order valence-corrected chi connectivity index (χ1v) is 6.94. The minimum Gasteiger partial charge on any atom is -0.384 e. The van der Waals surface area contributed by atoms with Crippen LogP contribution in [0.25, 0.3) is 11.1 Å². The molecule has 100 valence electrons. The molecule has 0 bridgehead atoms. The van der Waals surface area contributed by atoms with Crippen LogP contribution >= 0.6 is 0 Å². The summed E-state index contributed by atoms with van der Waals surface area (Å²) in [7, 11) is 0. The van der Waals surface area contributed by atoms with Crippen LogP contribution in [0.15, 0.2) is 42.6 Å². The maximum Gasteiger partial charge on any atom is 0.126 e. The molecular formula is C16H21N3. The highest BCUT2D eigenvalue weighted by atomic mass is 15.2. The predicted molar refractivity (Wildman–Crippen MR) is 81.9 cm³/mol. The van der Waals surface area contributed by atoms with Crippen LogP contribution in [0, 0.1) is 0 Å². The zero-order valence-electron chi connectivity index (χ0n) is 11.6. The average Bonchev–Trinajstić information content (AvgIpc) is 2.75. The zero-order chi connectivity index (χ0) is 13.7. The van der Waals surface area contributed by atoms with E-state index in [4.69, 9.17) is 5.73 Å². The van der Waals surface area contributed by atoms with Crippen molar-refractivity contribution in [2.24, 2.45) is 0 Å². The Bertz CT molecular complexity index is 605. The van der Waals surface area contributed by atoms with Crippen LogP contribution in [0.5, 0.6) is 0 Å². The fourth-order valence-corrected chi connectivity index (χ4v) is 2.26. The summed E-state index contributed by atoms with van der Waals surface area (Å²) in [5.41, 5.74) is 9.62. The quantitative estimate of drug-likeness (QED) is 0.834. The lowest BCUT2D eigenvalue weighted by Crippen LogP contribution is -1.99. The fraction of sp³-hybridized carbons (Fsp3) is 0.312. The van der Waals surface area contributed by atoms with Gasteiger partial charge in [-0.15, -0.1) is 0 Å². The Kier molecular flexibility index (Phi) is 4.39. The lowest BCUT2D eigenvalue weighted by Gasteiger charge is -2.08. The Morgan fingerprint density at radius 1 is 1.26 bits per heavy atom. The smallest absolute Gasteiger partial charge is 0.126 e. The lowest BCUT2D eigenvalue weighted by molar-refractivity contribution is 0.885. The van der Waals surface area contributed by atoms with Crippen LogP contribution < -0.4 is 5.73 Å². The summed E-state index contributed by atoms with van der Waals surface area (Å²) < 4.78 is 1.76. The Balaban J connectivity index is 0.000000637. The maximum atomic E-state index is 6.00. The van der Waals surface area contributed by atoms with Crippen molar-refractivity contribution in [1.29, 1.82) is 0 Å². The van der Waals surface area contributed by atoms with E-state index in [1.807, 2.05) is 26.0 Å². The van der Waals surface area contributed by atoms with Crippen molar-refractivity contribution in [1.82, 2.24) is 9.61 Å². The van der Waals surface area contributed by atoms with E-state index in [9.17, 15) is 0 Å². The molecule has 0 unspecified atom stereocenters. The van der Waals surface area contributed by atoms with Gasteiger partial charge in [0, 0.05) is 0 Å². The van der Waals surface area contributed by atoms with E-state index in [2.05, 4.69) is 29.4 Å². The topological polar surface area (TPSA) is 43.3 Å². The molecule has 3 nitrogen and oxygen atoms in total. The number of nitrogen functional groups attached to an aromatic ring is 1. The number of allylic oxidation sites excluding steroid dienone is 4. The van der Waals surface area contributed by atoms with Gasteiger partial charge in [0.1, 0.15) is 5.82 Å². The number of nitrogens with zero attached hydrogens (tertiary/aromatic N) is 2. The molecule has 2 aromatic rings. The Morgan fingerprint density at radius 2 is 2.11 bits per heavy atom. The molecule has 0 spiro atoms. The maximum absolute atomic E-state index is 6.00. The van der Waals surface area contributed by atoms with Crippen molar-refractivity contribution in [3.05, 3.63) is 48.2 Å². The molecule has 2 heterocycles. The van der Waals surface area contributed by atoms with Gasteiger partial charge in [-0.25, -0.2) is 4.52 Å². The summed E-state index contributed by atoms with van der Waals surface area (Å²) in [5, 5.41) is 4.18. The zero-order valence-corrected chi connectivity index (χ0v) is 11.6. The van der Waals surface area contributed by atoms with Gasteiger partial charge in [0.25, 0.3) is 0 Å². The number of anilines is 1. The van der Waals surface area contributed by atoms with Crippen LogP contribution in [0.2, 0.25) is 0 Å². The number of rotatable bonds is 1. The molecule has 0 atom stereocenters. The monoisotopic (exact) mass is 255 g/mol. The number of pyridine rings is 1. The second kappa shape index (κ2) is 6.23. The highest BCUT2D eigenvalue weighted by molar-refractivity contribution is 5.73. The number of hydrogen-bond acceptors (Lipinski definition) is 2. The van der Waals surface area contributed by atoms with Gasteiger partial charge in [-0.3, -0.25) is 0 Å². The molecule has 0 saturated carbocycles. The van der Waals surface area contributed by atoms with Crippen molar-refractivity contribution in [3.63, 3.8) is 0 Å². The molecule has 19 heavy (non-hydrogen) atoms. The second-order valence-electron chi connectivity index (χ2n) is 4.35. The van der Waals surface area contributed by atoms with Crippen molar-refractivity contribution in [2.45, 2.75) is 33.1 Å². The molecule has 2 aromatic heterocycles. The van der Waals surface area contributed by atoms with Crippen molar-refractivity contribution < 1.29 is 0 Å². The summed E-state index contributed by atoms with van der Waals surface area (Å²) in [4.78, 5) is 0. The fourth-order valence-electron chi connectivity index (χ4n) is 2.26. The molecule has 0 fully saturated rings. The molecule has 2 N–H and O–H groups in total. The van der Waals surface area contributed by atoms with Gasteiger partial charge in [0.15, 0.2) is 0 Å². The van der Waals surface area contributed by atoms with Crippen LogP contribution in [0.1, 0.15) is 38.7 Å². The van der Waals surface area contributed by atoms with Gasteiger partial charge in [-0.2, -0.15) is 5.10 Å². The first-order chi connectivity index (χ1) is 9.34. The number of aromatic nitrogens is 2. The first-order valence-electron chi connectivity index (χ1n) is 6.94. The highest BCUT2D eigenvalue weighted by Crippen LogP contribution is 2.26. The molecule has 0 radical (unpaired) electrons. The molecule has 0 aromatic carbocycles. The molecule has 0 saturated heterocycles. The van der Waals surface area contributed by atoms with E-state index in [0.717, 1.165) is 18.4 Å². The highest BCUT2D eigenvalue weighted by Gasteiger charge is 2.07. The molecule has 0 aliphatic heterocycles. The SMILES string of the molecule is CC.Nc1cc(C2=CC=CCCC2)cc2ccnn12. The largest absolute Gasteiger partial charge is 0.384 e. The van der Waals surface area contributed by atoms with Crippen LogP contribution in [0.4, 0.5) is 5.82 Å². The van der Waals surface area contributed by atoms with Gasteiger partial charge >= 0.3 is 0 Å². The third kappa shape index (κ3) is 2.87. The Labute approximate surface area is 114 Å². The van der Waals surface area contributed by atoms with Gasteiger partial charge in [-0.05, 0) is 48.6 Å². The van der Waals surface area contributed by atoms with E-state index in [0.29, 0.717) is 5.82 Å². The minimum absolute atomic E-state index is 0.691. The summed E-state index contributed by atoms with van der Waals surface area (Å²) in [6, 6.07) is 6.13. The van der Waals surface area contributed by atoms with Crippen LogP contribution in [0.3, 0.4) is 0 Å². The summed E-state index contributed by atoms with van der Waals surface area (Å²) in [6.07, 6.45) is 11.8. The van der Waals surface area contributed by atoms with Crippen LogP contribution in [-0.2, 0) is 0 Å². The third-order valence-corrected chi connectivity index (χ3v) is 3.14. The standard InChI is InChI=1S/C14H15N3.C2H6/c15-14-10-12(9-13-7-8-16-17(13)14)11-5-3-1-2-4-6-11;1-2/h1,3,5,7-10H,2,4,6,15H2;1-2H3. The summed E-state index contributed by atoms with van der Waals surface area (Å²) >= 11 is 0. The van der Waals surface area contributed by atoms with E-state index < -0.39 is 0 Å². The molecule has 1 aliphatic rings. The second-order valence-corrected chi connectivity index (χ2v) is 4.35. The summed E-state index contributed by atoms with van der Waals surface area (Å²) in [6.45, 7) is 4.00. The molecule has 1 aliphatic carbocycles. The van der Waals surface area contributed by atoms with Crippen molar-refractivity contribution in [3.8, 4) is 0 Å². The van der Waals surface area contributed by atoms with Crippen molar-refractivity contribution >= 4 is 16.9 Å². The van der Waals surface area contributed by atoms with E-state index >= 15 is 0 Å². The van der Waals surface area contributed by atoms with Crippen LogP contribution in [-0.4, -0.2) is 9.61 Å². The number of fused-ring (bicyclic) bond motifs is 1. The minimum atomic E-state index is 0.691. The van der Waals surface area contributed by atoms with Gasteiger partial charge in [0.05, 0.1) is 11.7 Å². The Morgan fingerprint density at radius 3 is 2.95 bits per heavy atom. The van der Waals surface area contributed by atoms with Gasteiger partial charge in [0.2, 0.25) is 0 Å². The van der Waals surface area contributed by atoms with Gasteiger partial charge in [-0.1, -0.05) is 32.1 Å². The average molecular weight is 255 g/mol. The normalized spacial score (nSPS) is 14.5. The molecular weight excluding hydrogens is 234 g/mol. The van der Waals surface area contributed by atoms with E-state index in [1.165, 1.54) is 17.6 Å². The van der Waals surface area contributed by atoms with E-state index in [-0.39, 0.29) is 0 Å². The molecule has 3 rings (SSSR count). The third-order valence-electron chi connectivity index (χ3n) is 3.14. The number of nitrogens with two attached hydrogens (primary N) is 1. The molecule has 3 heteroatoms. The first kappa shape index (κ1) is 13.4. The summed E-state index contributed by atoms with van der Waals surface area (Å²) in [5.74, 6) is 0.691. The Hall–Kier alpha value is -2.03. The number of hydrogen-bond donors (Lipinski definition) is 1. The lowest BCUT2D eigenvalue weighted by atomic mass is 10.0. The van der Waals surface area contributed by atoms with Crippen molar-refractivity contribution in [2.75, 3.05) is 5.73 Å². The van der Waals surface area contributed by atoms with E-state index in [1.54, 1.807) is 10.7 Å². The molecule has 0 amide bonds. The predicted octanol–water partition coefficient (Wildman–Crippen LogP) is 4.07. The van der Waals surface area contributed by atoms with Gasteiger partial charge < -0.3 is 5.73 Å².